The third-order valence-electron chi connectivity index (χ3n) is 5.14. The van der Waals surface area contributed by atoms with Crippen LogP contribution in [0.4, 0.5) is 5.82 Å². The molecule has 2 saturated heterocycles. The highest BCUT2D eigenvalue weighted by atomic mass is 16.1. The molecule has 0 aliphatic carbocycles. The third-order valence-corrected chi connectivity index (χ3v) is 5.14. The summed E-state index contributed by atoms with van der Waals surface area (Å²) in [5.41, 5.74) is 5.27. The molecule has 1 aromatic rings. The van der Waals surface area contributed by atoms with Crippen molar-refractivity contribution in [1.82, 2.24) is 14.8 Å². The fourth-order valence-corrected chi connectivity index (χ4v) is 3.84. The minimum Gasteiger partial charge on any atom is -0.370 e. The van der Waals surface area contributed by atoms with Crippen molar-refractivity contribution in [3.8, 4) is 0 Å². The number of primary amides is 1. The zero-order valence-corrected chi connectivity index (χ0v) is 14.4. The smallest absolute Gasteiger partial charge is 0.218 e. The summed E-state index contributed by atoms with van der Waals surface area (Å²) in [7, 11) is 0. The monoisotopic (exact) mass is 331 g/mol. The summed E-state index contributed by atoms with van der Waals surface area (Å²) >= 11 is 0. The number of nitrogens with two attached hydrogens (primary N) is 1. The number of hydrogen-bond acceptors (Lipinski definition) is 5. The third kappa shape index (κ3) is 4.92. The van der Waals surface area contributed by atoms with Crippen LogP contribution in [0.3, 0.4) is 0 Å². The fraction of sp³-hybridized carbons (Fsp3) is 0.667. The highest BCUT2D eigenvalue weighted by Crippen LogP contribution is 2.19. The molecule has 3 heterocycles. The molecule has 6 heteroatoms. The molecule has 1 amide bonds. The summed E-state index contributed by atoms with van der Waals surface area (Å²) in [5.74, 6) is 1.61. The first-order valence-corrected chi connectivity index (χ1v) is 9.10. The Morgan fingerprint density at radius 2 is 2.00 bits per heavy atom. The van der Waals surface area contributed by atoms with Crippen LogP contribution < -0.4 is 10.6 Å². The van der Waals surface area contributed by atoms with Crippen LogP contribution in [0.15, 0.2) is 24.4 Å². The minimum absolute atomic E-state index is 0.192. The van der Waals surface area contributed by atoms with E-state index in [0.717, 1.165) is 51.6 Å². The zero-order valence-electron chi connectivity index (χ0n) is 14.4. The van der Waals surface area contributed by atoms with E-state index in [9.17, 15) is 4.79 Å². The summed E-state index contributed by atoms with van der Waals surface area (Å²) < 4.78 is 0. The quantitative estimate of drug-likeness (QED) is 0.835. The number of carbonyl (C=O) groups is 1. The average Bonchev–Trinajstić information content (AvgIpc) is 2.62. The second-order valence-electron chi connectivity index (χ2n) is 7.00. The molecular weight excluding hydrogens is 302 g/mol. The van der Waals surface area contributed by atoms with E-state index < -0.39 is 0 Å². The Kier molecular flexibility index (Phi) is 6.04. The van der Waals surface area contributed by atoms with Gasteiger partial charge in [0.05, 0.1) is 0 Å². The lowest BCUT2D eigenvalue weighted by Gasteiger charge is -2.39. The first-order chi connectivity index (χ1) is 11.7. The lowest BCUT2D eigenvalue weighted by molar-refractivity contribution is -0.118. The van der Waals surface area contributed by atoms with Crippen LogP contribution in [-0.4, -0.2) is 73.0 Å². The van der Waals surface area contributed by atoms with Gasteiger partial charge in [0, 0.05) is 58.4 Å². The Morgan fingerprint density at radius 3 is 2.71 bits per heavy atom. The highest BCUT2D eigenvalue weighted by Gasteiger charge is 2.24. The number of aromatic nitrogens is 1. The summed E-state index contributed by atoms with van der Waals surface area (Å²) in [4.78, 5) is 22.8. The zero-order chi connectivity index (χ0) is 16.8. The predicted molar refractivity (Wildman–Crippen MR) is 95.9 cm³/mol. The first kappa shape index (κ1) is 17.2. The van der Waals surface area contributed by atoms with Crippen molar-refractivity contribution in [3.05, 3.63) is 24.4 Å². The van der Waals surface area contributed by atoms with Gasteiger partial charge in [0.1, 0.15) is 5.82 Å². The van der Waals surface area contributed by atoms with Crippen molar-refractivity contribution >= 4 is 11.7 Å². The lowest BCUT2D eigenvalue weighted by atomic mass is 9.97. The van der Waals surface area contributed by atoms with E-state index >= 15 is 0 Å². The van der Waals surface area contributed by atoms with Crippen LogP contribution in [0, 0.1) is 5.92 Å². The van der Waals surface area contributed by atoms with Gasteiger partial charge in [0.2, 0.25) is 5.91 Å². The van der Waals surface area contributed by atoms with E-state index in [4.69, 9.17) is 5.73 Å². The Labute approximate surface area is 144 Å². The Balaban J connectivity index is 1.41. The molecule has 0 spiro atoms. The highest BCUT2D eigenvalue weighted by molar-refractivity contribution is 5.73. The van der Waals surface area contributed by atoms with Gasteiger partial charge in [-0.15, -0.1) is 0 Å². The maximum Gasteiger partial charge on any atom is 0.218 e. The molecule has 2 fully saturated rings. The second kappa shape index (κ2) is 8.44. The summed E-state index contributed by atoms with van der Waals surface area (Å²) in [6, 6.07) is 6.11. The van der Waals surface area contributed by atoms with E-state index in [1.165, 1.54) is 19.4 Å². The van der Waals surface area contributed by atoms with Gasteiger partial charge in [-0.2, -0.15) is 0 Å². The van der Waals surface area contributed by atoms with Crippen LogP contribution in [0.5, 0.6) is 0 Å². The lowest BCUT2D eigenvalue weighted by Crippen LogP contribution is -2.50. The van der Waals surface area contributed by atoms with Crippen molar-refractivity contribution in [2.75, 3.05) is 57.3 Å². The molecule has 0 bridgehead atoms. The molecule has 0 unspecified atom stereocenters. The normalized spacial score (nSPS) is 23.3. The second-order valence-corrected chi connectivity index (χ2v) is 7.00. The molecule has 6 nitrogen and oxygen atoms in total. The van der Waals surface area contributed by atoms with Gasteiger partial charge >= 0.3 is 0 Å². The molecule has 2 N–H and O–H groups in total. The molecule has 0 aromatic carbocycles. The molecule has 1 aromatic heterocycles. The Bertz CT molecular complexity index is 515. The predicted octanol–water partition coefficient (Wildman–Crippen LogP) is 0.791. The minimum atomic E-state index is -0.192. The number of rotatable bonds is 6. The molecule has 2 aliphatic rings. The van der Waals surface area contributed by atoms with Gasteiger partial charge < -0.3 is 15.5 Å². The van der Waals surface area contributed by atoms with Crippen LogP contribution in [0.1, 0.15) is 19.3 Å². The van der Waals surface area contributed by atoms with E-state index in [1.54, 1.807) is 0 Å². The number of hydrogen-bond donors (Lipinski definition) is 1. The van der Waals surface area contributed by atoms with E-state index in [-0.39, 0.29) is 5.91 Å². The number of carbonyl (C=O) groups excluding carboxylic acids is 1. The number of nitrogens with zero attached hydrogens (tertiary/aromatic N) is 4. The number of piperidine rings is 1. The molecule has 3 rings (SSSR count). The van der Waals surface area contributed by atoms with Gasteiger partial charge in [-0.25, -0.2) is 4.98 Å². The van der Waals surface area contributed by atoms with Gasteiger partial charge in [-0.1, -0.05) is 6.07 Å². The van der Waals surface area contributed by atoms with E-state index in [0.29, 0.717) is 12.3 Å². The molecule has 132 valence electrons. The number of likely N-dealkylation sites (tertiary alicyclic amines) is 1. The maximum atomic E-state index is 11.0. The van der Waals surface area contributed by atoms with Crippen molar-refractivity contribution in [3.63, 3.8) is 0 Å². The summed E-state index contributed by atoms with van der Waals surface area (Å²) in [6.45, 7) is 8.51. The number of piperazine rings is 1. The topological polar surface area (TPSA) is 65.7 Å². The van der Waals surface area contributed by atoms with Gasteiger partial charge in [0.25, 0.3) is 0 Å². The van der Waals surface area contributed by atoms with E-state index in [1.807, 2.05) is 12.3 Å². The molecular formula is C18H29N5O. The Morgan fingerprint density at radius 1 is 1.17 bits per heavy atom. The van der Waals surface area contributed by atoms with Gasteiger partial charge in [-0.05, 0) is 37.4 Å². The average molecular weight is 331 g/mol. The SMILES string of the molecule is NC(=O)CCN1CCC[C@@H](CN2CCN(c3ccccn3)CC2)C1. The van der Waals surface area contributed by atoms with Crippen molar-refractivity contribution in [1.29, 1.82) is 0 Å². The summed E-state index contributed by atoms with van der Waals surface area (Å²) in [6.07, 6.45) is 4.88. The van der Waals surface area contributed by atoms with Crippen LogP contribution in [0.25, 0.3) is 0 Å². The number of pyridine rings is 1. The van der Waals surface area contributed by atoms with Crippen molar-refractivity contribution in [2.24, 2.45) is 11.7 Å². The molecule has 24 heavy (non-hydrogen) atoms. The fourth-order valence-electron chi connectivity index (χ4n) is 3.84. The first-order valence-electron chi connectivity index (χ1n) is 9.10. The Hall–Kier alpha value is -1.66. The molecule has 0 radical (unpaired) electrons. The van der Waals surface area contributed by atoms with Gasteiger partial charge in [0.15, 0.2) is 0 Å². The van der Waals surface area contributed by atoms with Crippen LogP contribution in [-0.2, 0) is 4.79 Å². The molecule has 0 saturated carbocycles. The van der Waals surface area contributed by atoms with Crippen molar-refractivity contribution in [2.45, 2.75) is 19.3 Å². The largest absolute Gasteiger partial charge is 0.370 e. The molecule has 2 aliphatic heterocycles. The van der Waals surface area contributed by atoms with Crippen LogP contribution >= 0.6 is 0 Å². The van der Waals surface area contributed by atoms with Gasteiger partial charge in [-0.3, -0.25) is 9.69 Å². The number of anilines is 1. The van der Waals surface area contributed by atoms with Crippen molar-refractivity contribution < 1.29 is 4.79 Å². The standard InChI is InChI=1S/C18H29N5O/c19-17(24)6-9-21-8-3-4-16(14-21)15-22-10-12-23(13-11-22)18-5-1-2-7-20-18/h1-2,5,7,16H,3-4,6,8-15H2,(H2,19,24)/t16-/m1/s1. The maximum absolute atomic E-state index is 11.0. The summed E-state index contributed by atoms with van der Waals surface area (Å²) in [5, 5.41) is 0. The molecule has 1 atom stereocenters. The number of amides is 1. The van der Waals surface area contributed by atoms with Crippen LogP contribution in [0.2, 0.25) is 0 Å². The van der Waals surface area contributed by atoms with E-state index in [2.05, 4.69) is 31.8 Å².